The molecule has 49 valence electrons. The summed E-state index contributed by atoms with van der Waals surface area (Å²) in [6.45, 7) is 4.75. The molecule has 0 heterocycles. The molecule has 0 aliphatic rings. The average molecular weight is 207 g/mol. The zero-order valence-electron chi connectivity index (χ0n) is 4.74. The van der Waals surface area contributed by atoms with E-state index in [0.717, 1.165) is 0 Å². The first-order valence-corrected chi connectivity index (χ1v) is 2.22. The first-order chi connectivity index (χ1) is 4.00. The van der Waals surface area contributed by atoms with E-state index < -0.39 is 0 Å². The summed E-state index contributed by atoms with van der Waals surface area (Å²) < 4.78 is 0. The Morgan fingerprint density at radius 2 is 0.778 bits per heavy atom. The van der Waals surface area contributed by atoms with Crippen molar-refractivity contribution in [1.29, 1.82) is 5.26 Å². The maximum Gasteiger partial charge on any atom is 0 e. The van der Waals surface area contributed by atoms with Gasteiger partial charge in [0, 0.05) is 19.5 Å². The monoisotopic (exact) mass is 207 g/mol. The van der Waals surface area contributed by atoms with E-state index in [2.05, 4.69) is 0 Å². The molecule has 0 saturated carbocycles. The van der Waals surface area contributed by atoms with Crippen molar-refractivity contribution in [1.82, 2.24) is 0 Å². The van der Waals surface area contributed by atoms with Crippen LogP contribution in [0.2, 0.25) is 0 Å². The number of nitrogens with zero attached hydrogens (tertiary/aromatic N) is 1. The molecule has 1 aromatic rings. The SMILES string of the molecule is [C-]#N.[Rh].c1ccccc1. The summed E-state index contributed by atoms with van der Waals surface area (Å²) in [4.78, 5) is 0. The summed E-state index contributed by atoms with van der Waals surface area (Å²) in [6, 6.07) is 12.0. The van der Waals surface area contributed by atoms with Crippen molar-refractivity contribution in [2.24, 2.45) is 0 Å². The summed E-state index contributed by atoms with van der Waals surface area (Å²) >= 11 is 0. The van der Waals surface area contributed by atoms with Crippen molar-refractivity contribution in [2.45, 2.75) is 0 Å². The number of benzene rings is 1. The van der Waals surface area contributed by atoms with Gasteiger partial charge in [-0.1, -0.05) is 36.4 Å². The van der Waals surface area contributed by atoms with E-state index in [1.54, 1.807) is 0 Å². The summed E-state index contributed by atoms with van der Waals surface area (Å²) in [6.07, 6.45) is 0. The Morgan fingerprint density at radius 3 is 0.889 bits per heavy atom. The summed E-state index contributed by atoms with van der Waals surface area (Å²) in [5, 5.41) is 6.25. The zero-order valence-corrected chi connectivity index (χ0v) is 6.38. The molecule has 0 spiro atoms. The molecule has 0 amide bonds. The van der Waals surface area contributed by atoms with Gasteiger partial charge in [-0.3, -0.25) is 0 Å². The molecule has 1 nitrogen and oxygen atoms in total. The van der Waals surface area contributed by atoms with Crippen LogP contribution in [0.4, 0.5) is 0 Å². The van der Waals surface area contributed by atoms with Crippen molar-refractivity contribution in [2.75, 3.05) is 0 Å². The maximum absolute atomic E-state index is 6.25. The Morgan fingerprint density at radius 1 is 0.667 bits per heavy atom. The topological polar surface area (TPSA) is 23.8 Å². The van der Waals surface area contributed by atoms with Gasteiger partial charge < -0.3 is 11.8 Å². The third kappa shape index (κ3) is 7.33. The number of hydrogen-bond acceptors (Lipinski definition) is 1. The predicted octanol–water partition coefficient (Wildman–Crippen LogP) is 1.78. The van der Waals surface area contributed by atoms with Gasteiger partial charge in [0.2, 0.25) is 0 Å². The molecule has 0 saturated heterocycles. The van der Waals surface area contributed by atoms with E-state index in [4.69, 9.17) is 11.8 Å². The van der Waals surface area contributed by atoms with Gasteiger partial charge >= 0.3 is 0 Å². The molecule has 0 aliphatic carbocycles. The minimum absolute atomic E-state index is 0. The molecule has 1 aromatic carbocycles. The fourth-order valence-corrected chi connectivity index (χ4v) is 0.385. The third-order valence-corrected chi connectivity index (χ3v) is 0.667. The minimum Gasteiger partial charge on any atom is -0.512 e. The van der Waals surface area contributed by atoms with Crippen molar-refractivity contribution < 1.29 is 19.5 Å². The fraction of sp³-hybridized carbons (Fsp3) is 0. The largest absolute Gasteiger partial charge is 0.512 e. The maximum atomic E-state index is 6.25. The van der Waals surface area contributed by atoms with Gasteiger partial charge in [-0.15, -0.1) is 0 Å². The molecule has 0 aliphatic heterocycles. The van der Waals surface area contributed by atoms with Crippen molar-refractivity contribution in [3.8, 4) is 0 Å². The van der Waals surface area contributed by atoms with Crippen LogP contribution in [-0.2, 0) is 19.5 Å². The van der Waals surface area contributed by atoms with Gasteiger partial charge in [0.05, 0.1) is 0 Å². The molecule has 1 radical (unpaired) electrons. The second kappa shape index (κ2) is 10.3. The van der Waals surface area contributed by atoms with Gasteiger partial charge in [-0.25, -0.2) is 0 Å². The van der Waals surface area contributed by atoms with Crippen LogP contribution in [0.5, 0.6) is 0 Å². The Balaban J connectivity index is 0. The summed E-state index contributed by atoms with van der Waals surface area (Å²) in [5.74, 6) is 0. The van der Waals surface area contributed by atoms with Gasteiger partial charge in [0.25, 0.3) is 0 Å². The zero-order chi connectivity index (χ0) is 6.24. The van der Waals surface area contributed by atoms with Gasteiger partial charge in [-0.2, -0.15) is 0 Å². The molecule has 0 atom stereocenters. The molecule has 1 rings (SSSR count). The normalized spacial score (nSPS) is 5.56. The van der Waals surface area contributed by atoms with Gasteiger partial charge in [0.1, 0.15) is 0 Å². The standard InChI is InChI=1S/C6H6.CN.Rh/c1-2-4-6-5-3-1;1-2;/h1-6H;;/q;-1;. The smallest absolute Gasteiger partial charge is 0 e. The fourth-order valence-electron chi connectivity index (χ4n) is 0.385. The van der Waals surface area contributed by atoms with Crippen LogP contribution in [0.15, 0.2) is 36.4 Å². The van der Waals surface area contributed by atoms with Crippen molar-refractivity contribution in [3.05, 3.63) is 43.0 Å². The molecular weight excluding hydrogens is 201 g/mol. The molecule has 0 N–H and O–H groups in total. The molecule has 0 bridgehead atoms. The molecule has 9 heavy (non-hydrogen) atoms. The Bertz CT molecular complexity index is 109. The summed E-state index contributed by atoms with van der Waals surface area (Å²) in [5.41, 5.74) is 0. The minimum atomic E-state index is 0. The Hall–Kier alpha value is -0.667. The van der Waals surface area contributed by atoms with Crippen LogP contribution >= 0.6 is 0 Å². The molecule has 0 aromatic heterocycles. The Labute approximate surface area is 68.1 Å². The average Bonchev–Trinajstić information content (AvgIpc) is 1.96. The second-order valence-electron chi connectivity index (χ2n) is 1.15. The van der Waals surface area contributed by atoms with Crippen LogP contribution in [0.25, 0.3) is 0 Å². The van der Waals surface area contributed by atoms with Crippen LogP contribution in [0.1, 0.15) is 0 Å². The first-order valence-electron chi connectivity index (χ1n) is 2.22. The van der Waals surface area contributed by atoms with Crippen molar-refractivity contribution >= 4 is 0 Å². The van der Waals surface area contributed by atoms with E-state index in [1.165, 1.54) is 0 Å². The molecule has 0 fully saturated rings. The van der Waals surface area contributed by atoms with E-state index >= 15 is 0 Å². The van der Waals surface area contributed by atoms with E-state index in [0.29, 0.717) is 0 Å². The van der Waals surface area contributed by atoms with Crippen molar-refractivity contribution in [3.63, 3.8) is 0 Å². The van der Waals surface area contributed by atoms with E-state index in [9.17, 15) is 0 Å². The van der Waals surface area contributed by atoms with E-state index in [1.807, 2.05) is 36.4 Å². The van der Waals surface area contributed by atoms with Crippen LogP contribution in [0, 0.1) is 11.8 Å². The number of hydrogen-bond donors (Lipinski definition) is 0. The third-order valence-electron chi connectivity index (χ3n) is 0.667. The predicted molar refractivity (Wildman–Crippen MR) is 31.4 cm³/mol. The quantitative estimate of drug-likeness (QED) is 0.469. The molecular formula is C7H6NRh-. The first kappa shape index (κ1) is 11.2. The van der Waals surface area contributed by atoms with Crippen LogP contribution in [0.3, 0.4) is 0 Å². The summed E-state index contributed by atoms with van der Waals surface area (Å²) in [7, 11) is 0. The van der Waals surface area contributed by atoms with Gasteiger partial charge in [0.15, 0.2) is 0 Å². The number of rotatable bonds is 0. The van der Waals surface area contributed by atoms with E-state index in [-0.39, 0.29) is 19.5 Å². The molecule has 2 heteroatoms. The molecule has 0 unspecified atom stereocenters. The second-order valence-corrected chi connectivity index (χ2v) is 1.15. The van der Waals surface area contributed by atoms with Crippen LogP contribution < -0.4 is 0 Å². The van der Waals surface area contributed by atoms with Crippen LogP contribution in [-0.4, -0.2) is 0 Å². The Kier molecular flexibility index (Phi) is 12.8. The van der Waals surface area contributed by atoms with Gasteiger partial charge in [-0.05, 0) is 0 Å².